The predicted octanol–water partition coefficient (Wildman–Crippen LogP) is 2.79. The van der Waals surface area contributed by atoms with Crippen LogP contribution >= 0.6 is 11.8 Å². The average Bonchev–Trinajstić information content (AvgIpc) is 3.17. The zero-order chi connectivity index (χ0) is 20.4. The molecule has 2 heterocycles. The highest BCUT2D eigenvalue weighted by Gasteiger charge is 2.42. The molecule has 0 spiro atoms. The van der Waals surface area contributed by atoms with Crippen molar-refractivity contribution in [3.05, 3.63) is 53.9 Å². The summed E-state index contributed by atoms with van der Waals surface area (Å²) in [5.74, 6) is 0.296. The van der Waals surface area contributed by atoms with E-state index in [2.05, 4.69) is 4.98 Å². The fourth-order valence-corrected chi connectivity index (χ4v) is 5.37. The number of hydrogen-bond acceptors (Lipinski definition) is 4. The van der Waals surface area contributed by atoms with Gasteiger partial charge in [0.2, 0.25) is 10.0 Å². The van der Waals surface area contributed by atoms with Crippen molar-refractivity contribution >= 4 is 27.7 Å². The van der Waals surface area contributed by atoms with Crippen molar-refractivity contribution in [2.75, 3.05) is 24.6 Å². The number of alkyl halides is 3. The van der Waals surface area contributed by atoms with Gasteiger partial charge in [0.25, 0.3) is 5.91 Å². The van der Waals surface area contributed by atoms with E-state index in [9.17, 15) is 26.4 Å². The van der Waals surface area contributed by atoms with Crippen LogP contribution in [0.15, 0.2) is 47.5 Å². The van der Waals surface area contributed by atoms with Gasteiger partial charge in [-0.2, -0.15) is 29.2 Å². The quantitative estimate of drug-likeness (QED) is 0.760. The van der Waals surface area contributed by atoms with Gasteiger partial charge in [-0.15, -0.1) is 0 Å². The summed E-state index contributed by atoms with van der Waals surface area (Å²) in [7, 11) is -3.80. The van der Waals surface area contributed by atoms with Gasteiger partial charge in [0, 0.05) is 30.8 Å². The van der Waals surface area contributed by atoms with Crippen molar-refractivity contribution in [1.82, 2.24) is 14.6 Å². The van der Waals surface area contributed by atoms with Crippen molar-refractivity contribution in [2.24, 2.45) is 0 Å². The first kappa shape index (κ1) is 20.7. The molecular weight excluding hydrogens is 415 g/mol. The molecule has 6 nitrogen and oxygen atoms in total. The van der Waals surface area contributed by atoms with E-state index in [0.29, 0.717) is 24.6 Å². The molecule has 0 aliphatic carbocycles. The van der Waals surface area contributed by atoms with Crippen molar-refractivity contribution in [1.29, 1.82) is 0 Å². The molecular formula is C17H18F3N3O3S2. The van der Waals surface area contributed by atoms with Crippen LogP contribution in [0.25, 0.3) is 0 Å². The van der Waals surface area contributed by atoms with Gasteiger partial charge in [-0.05, 0) is 11.6 Å². The molecule has 1 unspecified atom stereocenters. The number of amides is 1. The van der Waals surface area contributed by atoms with Gasteiger partial charge in [0.05, 0.1) is 0 Å². The standard InChI is InChI=1S/C17H18F3N3O3S2/c18-17(19,20)15(12-4-2-1-3-5-12)22-16(24)14-10-13(11-21-14)28(25,26)23-6-8-27-9-7-23/h1-5,10-11,15,21H,6-9H2,(H,22,24). The van der Waals surface area contributed by atoms with Gasteiger partial charge in [-0.25, -0.2) is 8.42 Å². The lowest BCUT2D eigenvalue weighted by molar-refractivity contribution is -0.155. The maximum atomic E-state index is 13.4. The van der Waals surface area contributed by atoms with Crippen LogP contribution < -0.4 is 5.32 Å². The van der Waals surface area contributed by atoms with E-state index >= 15 is 0 Å². The number of carbonyl (C=O) groups excluding carboxylic acids is 1. The lowest BCUT2D eigenvalue weighted by Gasteiger charge is -2.25. The van der Waals surface area contributed by atoms with E-state index in [0.717, 1.165) is 12.3 Å². The lowest BCUT2D eigenvalue weighted by atomic mass is 10.1. The highest BCUT2D eigenvalue weighted by Crippen LogP contribution is 2.33. The molecule has 0 radical (unpaired) electrons. The fraction of sp³-hybridized carbons (Fsp3) is 0.353. The number of benzene rings is 1. The number of aromatic amines is 1. The summed E-state index contributed by atoms with van der Waals surface area (Å²) in [5, 5.41) is 1.93. The predicted molar refractivity (Wildman–Crippen MR) is 99.6 cm³/mol. The summed E-state index contributed by atoms with van der Waals surface area (Å²) in [4.78, 5) is 14.7. The zero-order valence-electron chi connectivity index (χ0n) is 14.6. The Hall–Kier alpha value is -1.98. The number of nitrogens with one attached hydrogen (secondary N) is 2. The van der Waals surface area contributed by atoms with Crippen LogP contribution in [0.2, 0.25) is 0 Å². The minimum absolute atomic E-state index is 0.117. The number of rotatable bonds is 5. The number of halogens is 3. The molecule has 1 amide bonds. The molecule has 2 N–H and O–H groups in total. The van der Waals surface area contributed by atoms with Gasteiger partial charge >= 0.3 is 6.18 Å². The van der Waals surface area contributed by atoms with Crippen LogP contribution in [0.5, 0.6) is 0 Å². The Bertz CT molecular complexity index is 924. The van der Waals surface area contributed by atoms with Crippen LogP contribution in [0.4, 0.5) is 13.2 Å². The minimum atomic E-state index is -4.70. The molecule has 152 valence electrons. The summed E-state index contributed by atoms with van der Waals surface area (Å²) in [6.07, 6.45) is -3.58. The zero-order valence-corrected chi connectivity index (χ0v) is 16.2. The van der Waals surface area contributed by atoms with Crippen LogP contribution in [0.1, 0.15) is 22.1 Å². The molecule has 11 heteroatoms. The topological polar surface area (TPSA) is 82.3 Å². The Balaban J connectivity index is 1.79. The average molecular weight is 433 g/mol. The molecule has 3 rings (SSSR count). The molecule has 1 aliphatic heterocycles. The summed E-state index contributed by atoms with van der Waals surface area (Å²) in [5.41, 5.74) is -0.372. The van der Waals surface area contributed by atoms with Crippen LogP contribution in [-0.2, 0) is 10.0 Å². The van der Waals surface area contributed by atoms with Crippen molar-refractivity contribution < 1.29 is 26.4 Å². The number of nitrogens with zero attached hydrogens (tertiary/aromatic N) is 1. The van der Waals surface area contributed by atoms with Crippen molar-refractivity contribution in [3.8, 4) is 0 Å². The molecule has 28 heavy (non-hydrogen) atoms. The van der Waals surface area contributed by atoms with Crippen molar-refractivity contribution in [2.45, 2.75) is 17.1 Å². The second-order valence-electron chi connectivity index (χ2n) is 6.12. The molecule has 0 bridgehead atoms. The van der Waals surface area contributed by atoms with Gasteiger partial charge in [0.1, 0.15) is 10.6 Å². The number of carbonyl (C=O) groups is 1. The number of hydrogen-bond donors (Lipinski definition) is 2. The van der Waals surface area contributed by atoms with E-state index in [-0.39, 0.29) is 16.2 Å². The highest BCUT2D eigenvalue weighted by atomic mass is 32.2. The molecule has 1 fully saturated rings. The SMILES string of the molecule is O=C(NC(c1ccccc1)C(F)(F)F)c1cc(S(=O)(=O)N2CCSCC2)c[nH]1. The molecule has 1 atom stereocenters. The van der Waals surface area contributed by atoms with Crippen molar-refractivity contribution in [3.63, 3.8) is 0 Å². The van der Waals surface area contributed by atoms with E-state index in [4.69, 9.17) is 0 Å². The van der Waals surface area contributed by atoms with Crippen LogP contribution in [-0.4, -0.2) is 54.4 Å². The van der Waals surface area contributed by atoms with E-state index in [1.807, 2.05) is 5.32 Å². The maximum Gasteiger partial charge on any atom is 0.412 e. The summed E-state index contributed by atoms with van der Waals surface area (Å²) in [6.45, 7) is 0.702. The van der Waals surface area contributed by atoms with Gasteiger partial charge in [0.15, 0.2) is 6.04 Å². The monoisotopic (exact) mass is 433 g/mol. The van der Waals surface area contributed by atoms with Gasteiger partial charge in [-0.1, -0.05) is 30.3 Å². The Kier molecular flexibility index (Phi) is 6.06. The number of aromatic nitrogens is 1. The third-order valence-corrected chi connectivity index (χ3v) is 7.06. The first-order valence-corrected chi connectivity index (χ1v) is 11.0. The Morgan fingerprint density at radius 1 is 1.18 bits per heavy atom. The molecule has 1 aromatic heterocycles. The molecule has 0 saturated carbocycles. The smallest absolute Gasteiger partial charge is 0.356 e. The molecule has 1 saturated heterocycles. The summed E-state index contributed by atoms with van der Waals surface area (Å²) < 4.78 is 66.7. The Morgan fingerprint density at radius 2 is 1.82 bits per heavy atom. The number of H-pyrrole nitrogens is 1. The first-order valence-electron chi connectivity index (χ1n) is 8.38. The Labute approximate surface area is 164 Å². The van der Waals surface area contributed by atoms with E-state index in [1.54, 1.807) is 17.8 Å². The first-order chi connectivity index (χ1) is 13.2. The van der Waals surface area contributed by atoms with Crippen LogP contribution in [0.3, 0.4) is 0 Å². The van der Waals surface area contributed by atoms with Crippen LogP contribution in [0, 0.1) is 0 Å². The number of sulfonamides is 1. The maximum absolute atomic E-state index is 13.4. The lowest BCUT2D eigenvalue weighted by Crippen LogP contribution is -2.38. The summed E-state index contributed by atoms with van der Waals surface area (Å²) in [6, 6.07) is 5.83. The van der Waals surface area contributed by atoms with E-state index < -0.39 is 28.1 Å². The Morgan fingerprint density at radius 3 is 2.43 bits per heavy atom. The van der Waals surface area contributed by atoms with E-state index in [1.165, 1.54) is 28.6 Å². The number of thioether (sulfide) groups is 1. The third-order valence-electron chi connectivity index (χ3n) is 4.24. The fourth-order valence-electron chi connectivity index (χ4n) is 2.80. The normalized spacial score (nSPS) is 17.2. The minimum Gasteiger partial charge on any atom is -0.356 e. The third kappa shape index (κ3) is 4.53. The van der Waals surface area contributed by atoms with Gasteiger partial charge in [-0.3, -0.25) is 4.79 Å². The largest absolute Gasteiger partial charge is 0.412 e. The molecule has 1 aromatic carbocycles. The second kappa shape index (κ2) is 8.18. The molecule has 2 aromatic rings. The summed E-state index contributed by atoms with van der Waals surface area (Å²) >= 11 is 1.64. The second-order valence-corrected chi connectivity index (χ2v) is 9.29. The molecule has 1 aliphatic rings. The van der Waals surface area contributed by atoms with Gasteiger partial charge < -0.3 is 10.3 Å². The highest BCUT2D eigenvalue weighted by molar-refractivity contribution is 7.99.